The van der Waals surface area contributed by atoms with Gasteiger partial charge in [0.2, 0.25) is 0 Å². The first kappa shape index (κ1) is 32.8. The van der Waals surface area contributed by atoms with Crippen LogP contribution in [0.3, 0.4) is 0 Å². The van der Waals surface area contributed by atoms with Crippen molar-refractivity contribution in [2.75, 3.05) is 20.3 Å². The molecule has 1 amide bonds. The van der Waals surface area contributed by atoms with Crippen LogP contribution in [0.5, 0.6) is 5.75 Å². The van der Waals surface area contributed by atoms with Gasteiger partial charge in [-0.05, 0) is 61.8 Å². The minimum Gasteiger partial charge on any atom is -0.496 e. The summed E-state index contributed by atoms with van der Waals surface area (Å²) in [6.45, 7) is 10.1. The summed E-state index contributed by atoms with van der Waals surface area (Å²) in [5.41, 5.74) is 0.769. The van der Waals surface area contributed by atoms with Gasteiger partial charge in [0.25, 0.3) is 5.91 Å². The molecule has 236 valence electrons. The number of rotatable bonds is 8. The molecule has 0 radical (unpaired) electrons. The number of halogens is 3. The van der Waals surface area contributed by atoms with Crippen LogP contribution in [-0.4, -0.2) is 55.3 Å². The van der Waals surface area contributed by atoms with Gasteiger partial charge in [0.15, 0.2) is 0 Å². The van der Waals surface area contributed by atoms with Gasteiger partial charge < -0.3 is 23.8 Å². The average Bonchev–Trinajstić information content (AvgIpc) is 3.31. The van der Waals surface area contributed by atoms with Crippen molar-refractivity contribution in [3.8, 4) is 5.75 Å². The number of carbonyl (C=O) groups is 2. The van der Waals surface area contributed by atoms with Crippen LogP contribution < -0.4 is 4.74 Å². The Hall–Kier alpha value is -3.11. The second-order valence-electron chi connectivity index (χ2n) is 12.3. The molecule has 0 unspecified atom stereocenters. The van der Waals surface area contributed by atoms with E-state index < -0.39 is 53.3 Å². The van der Waals surface area contributed by atoms with Crippen molar-refractivity contribution in [2.24, 2.45) is 11.3 Å². The number of hydrogen-bond acceptors (Lipinski definition) is 6. The van der Waals surface area contributed by atoms with E-state index in [-0.39, 0.29) is 24.9 Å². The quantitative estimate of drug-likeness (QED) is 0.314. The molecular formula is C33H42F3NO6. The van der Waals surface area contributed by atoms with Crippen molar-refractivity contribution in [3.63, 3.8) is 0 Å². The molecule has 7 nitrogen and oxygen atoms in total. The largest absolute Gasteiger partial charge is 0.496 e. The van der Waals surface area contributed by atoms with Crippen LogP contribution in [0.1, 0.15) is 75.3 Å². The second kappa shape index (κ2) is 13.3. The van der Waals surface area contributed by atoms with Crippen molar-refractivity contribution >= 4 is 11.9 Å². The molecule has 43 heavy (non-hydrogen) atoms. The van der Waals surface area contributed by atoms with Gasteiger partial charge in [0.05, 0.1) is 38.0 Å². The van der Waals surface area contributed by atoms with E-state index in [4.69, 9.17) is 18.9 Å². The fraction of sp³-hybridized carbons (Fsp3) is 0.576. The first-order chi connectivity index (χ1) is 20.3. The molecule has 2 saturated heterocycles. The molecule has 0 spiro atoms. The van der Waals surface area contributed by atoms with E-state index in [1.54, 1.807) is 11.8 Å². The molecule has 2 heterocycles. The maximum atomic E-state index is 14.3. The SMILES string of the molecule is CCOC(=O)[C@@H]1[C@@H](C(C)(C)C)[C@H](OCc2ccc(C(F)(F)F)cc2OC)[C@H](c2ccccc2C)N1C(=O)[C@@H]1CCCCO1. The summed E-state index contributed by atoms with van der Waals surface area (Å²) < 4.78 is 63.6. The molecule has 5 atom stereocenters. The Morgan fingerprint density at radius 2 is 1.79 bits per heavy atom. The molecule has 0 aliphatic carbocycles. The van der Waals surface area contributed by atoms with Crippen molar-refractivity contribution in [1.82, 2.24) is 4.90 Å². The lowest BCUT2D eigenvalue weighted by Crippen LogP contribution is -2.51. The molecule has 2 fully saturated rings. The normalized spacial score (nSPS) is 24.6. The number of carbonyl (C=O) groups excluding carboxylic acids is 2. The predicted molar refractivity (Wildman–Crippen MR) is 154 cm³/mol. The Bertz CT molecular complexity index is 1280. The molecule has 2 aromatic rings. The monoisotopic (exact) mass is 605 g/mol. The van der Waals surface area contributed by atoms with Gasteiger partial charge in [0.1, 0.15) is 17.9 Å². The summed E-state index contributed by atoms with van der Waals surface area (Å²) in [5, 5.41) is 0. The van der Waals surface area contributed by atoms with Crippen molar-refractivity contribution in [3.05, 3.63) is 64.7 Å². The topological polar surface area (TPSA) is 74.3 Å². The van der Waals surface area contributed by atoms with Gasteiger partial charge in [-0.2, -0.15) is 13.2 Å². The van der Waals surface area contributed by atoms with Crippen molar-refractivity contribution < 1.29 is 41.7 Å². The lowest BCUT2D eigenvalue weighted by atomic mass is 9.73. The lowest BCUT2D eigenvalue weighted by molar-refractivity contribution is -0.162. The van der Waals surface area contributed by atoms with E-state index >= 15 is 0 Å². The van der Waals surface area contributed by atoms with Gasteiger partial charge in [-0.1, -0.05) is 51.1 Å². The molecule has 4 rings (SSSR count). The zero-order valence-corrected chi connectivity index (χ0v) is 25.7. The third-order valence-corrected chi connectivity index (χ3v) is 8.40. The van der Waals surface area contributed by atoms with E-state index in [1.807, 2.05) is 52.0 Å². The van der Waals surface area contributed by atoms with Crippen molar-refractivity contribution in [1.29, 1.82) is 0 Å². The summed E-state index contributed by atoms with van der Waals surface area (Å²) >= 11 is 0. The minimum absolute atomic E-state index is 0.0399. The number of ether oxygens (including phenoxy) is 4. The highest BCUT2D eigenvalue weighted by Crippen LogP contribution is 2.51. The first-order valence-electron chi connectivity index (χ1n) is 14.8. The molecule has 0 saturated carbocycles. The highest BCUT2D eigenvalue weighted by molar-refractivity contribution is 5.89. The molecular weight excluding hydrogens is 563 g/mol. The fourth-order valence-electron chi connectivity index (χ4n) is 6.38. The summed E-state index contributed by atoms with van der Waals surface area (Å²) in [4.78, 5) is 29.7. The number of esters is 1. The number of benzene rings is 2. The smallest absolute Gasteiger partial charge is 0.416 e. The van der Waals surface area contributed by atoms with Crippen LogP contribution in [0.4, 0.5) is 13.2 Å². The van der Waals surface area contributed by atoms with Crippen LogP contribution in [-0.2, 0) is 36.6 Å². The van der Waals surface area contributed by atoms with Gasteiger partial charge in [-0.3, -0.25) is 4.79 Å². The third-order valence-electron chi connectivity index (χ3n) is 8.40. The highest BCUT2D eigenvalue weighted by Gasteiger charge is 2.60. The van der Waals surface area contributed by atoms with Crippen LogP contribution in [0.15, 0.2) is 42.5 Å². The zero-order valence-electron chi connectivity index (χ0n) is 25.7. The van der Waals surface area contributed by atoms with Crippen molar-refractivity contribution in [2.45, 2.75) is 91.0 Å². The van der Waals surface area contributed by atoms with Crippen LogP contribution >= 0.6 is 0 Å². The Kier molecular flexibility index (Phi) is 10.1. The summed E-state index contributed by atoms with van der Waals surface area (Å²) in [5.74, 6) is -1.30. The molecule has 2 aromatic carbocycles. The number of alkyl halides is 3. The zero-order chi connectivity index (χ0) is 31.5. The number of likely N-dealkylation sites (tertiary alicyclic amines) is 1. The molecule has 10 heteroatoms. The average molecular weight is 606 g/mol. The minimum atomic E-state index is -4.53. The van der Waals surface area contributed by atoms with E-state index in [1.165, 1.54) is 13.2 Å². The number of hydrogen-bond donors (Lipinski definition) is 0. The second-order valence-corrected chi connectivity index (χ2v) is 12.3. The Morgan fingerprint density at radius 3 is 2.37 bits per heavy atom. The Morgan fingerprint density at radius 1 is 1.07 bits per heavy atom. The number of amides is 1. The summed E-state index contributed by atoms with van der Waals surface area (Å²) in [7, 11) is 1.31. The van der Waals surface area contributed by atoms with E-state index in [9.17, 15) is 22.8 Å². The predicted octanol–water partition coefficient (Wildman–Crippen LogP) is 6.65. The maximum Gasteiger partial charge on any atom is 0.416 e. The number of nitrogens with zero attached hydrogens (tertiary/aromatic N) is 1. The van der Waals surface area contributed by atoms with E-state index in [2.05, 4.69) is 0 Å². The number of methoxy groups -OCH3 is 1. The number of aryl methyl sites for hydroxylation is 1. The fourth-order valence-corrected chi connectivity index (χ4v) is 6.38. The summed E-state index contributed by atoms with van der Waals surface area (Å²) in [6, 6.07) is 9.27. The maximum absolute atomic E-state index is 14.3. The van der Waals surface area contributed by atoms with E-state index in [0.717, 1.165) is 36.1 Å². The molecule has 2 aliphatic heterocycles. The lowest BCUT2D eigenvalue weighted by Gasteiger charge is -2.36. The van der Waals surface area contributed by atoms with Crippen LogP contribution in [0.2, 0.25) is 0 Å². The molecule has 2 aliphatic rings. The molecule has 0 bridgehead atoms. The van der Waals surface area contributed by atoms with Gasteiger partial charge in [0, 0.05) is 18.1 Å². The first-order valence-corrected chi connectivity index (χ1v) is 14.8. The van der Waals surface area contributed by atoms with Gasteiger partial charge >= 0.3 is 12.1 Å². The third kappa shape index (κ3) is 7.01. The Labute approximate surface area is 251 Å². The Balaban J connectivity index is 1.84. The standard InChI is InChI=1S/C33H42F3NO6/c1-7-41-31(39)28-26(32(3,4)5)29(43-19-21-15-16-22(33(34,35)36)18-25(21)40-6)27(23-13-9-8-12-20(23)2)37(28)30(38)24-14-10-11-17-42-24/h8-9,12-13,15-16,18,24,26-29H,7,10-11,14,17,19H2,1-6H3/t24-,26+,27-,28-,29-/m0/s1. The molecule has 0 N–H and O–H groups in total. The van der Waals surface area contributed by atoms with Crippen LogP contribution in [0, 0.1) is 18.3 Å². The van der Waals surface area contributed by atoms with Crippen LogP contribution in [0.25, 0.3) is 0 Å². The summed E-state index contributed by atoms with van der Waals surface area (Å²) in [6.07, 6.45) is -3.71. The highest BCUT2D eigenvalue weighted by atomic mass is 19.4. The molecule has 0 aromatic heterocycles. The van der Waals surface area contributed by atoms with Gasteiger partial charge in [-0.15, -0.1) is 0 Å². The van der Waals surface area contributed by atoms with Gasteiger partial charge in [-0.25, -0.2) is 4.79 Å². The van der Waals surface area contributed by atoms with E-state index in [0.29, 0.717) is 18.6 Å².